The molecule has 0 saturated carbocycles. The van der Waals surface area contributed by atoms with E-state index in [9.17, 15) is 9.59 Å². The van der Waals surface area contributed by atoms with Gasteiger partial charge in [0.1, 0.15) is 5.70 Å². The summed E-state index contributed by atoms with van der Waals surface area (Å²) in [6, 6.07) is 9.46. The fraction of sp³-hybridized carbons (Fsp3) is 0.333. The lowest BCUT2D eigenvalue weighted by atomic mass is 10.0. The summed E-state index contributed by atoms with van der Waals surface area (Å²) in [5.74, 6) is -1.17. The first-order chi connectivity index (χ1) is 11.2. The van der Waals surface area contributed by atoms with Crippen LogP contribution < -0.4 is 4.90 Å². The highest BCUT2D eigenvalue weighted by Gasteiger charge is 2.25. The molecule has 0 atom stereocenters. The Bertz CT molecular complexity index is 619. The Labute approximate surface area is 136 Å². The molecule has 0 aliphatic heterocycles. The summed E-state index contributed by atoms with van der Waals surface area (Å²) < 4.78 is 9.55. The summed E-state index contributed by atoms with van der Waals surface area (Å²) in [5, 5.41) is 0. The number of benzene rings is 1. The second-order valence-corrected chi connectivity index (χ2v) is 5.16. The van der Waals surface area contributed by atoms with Crippen molar-refractivity contribution in [2.75, 3.05) is 19.1 Å². The minimum atomic E-state index is -0.595. The molecule has 1 aromatic carbocycles. The van der Waals surface area contributed by atoms with Crippen molar-refractivity contribution >= 4 is 17.6 Å². The van der Waals surface area contributed by atoms with Crippen LogP contribution in [0.5, 0.6) is 0 Å². The molecule has 0 N–H and O–H groups in total. The first-order valence-electron chi connectivity index (χ1n) is 7.59. The lowest BCUT2D eigenvalue weighted by Crippen LogP contribution is -2.29. The number of anilines is 1. The number of hydrogen-bond donors (Lipinski definition) is 0. The number of esters is 2. The lowest BCUT2D eigenvalue weighted by molar-refractivity contribution is -0.138. The Morgan fingerprint density at radius 1 is 1.09 bits per heavy atom. The fourth-order valence-electron chi connectivity index (χ4n) is 2.55. The van der Waals surface area contributed by atoms with E-state index in [1.165, 1.54) is 20.3 Å². The van der Waals surface area contributed by atoms with Gasteiger partial charge in [-0.05, 0) is 37.8 Å². The number of ether oxygens (including phenoxy) is 2. The van der Waals surface area contributed by atoms with Crippen LogP contribution in [-0.4, -0.2) is 26.2 Å². The van der Waals surface area contributed by atoms with E-state index in [0.29, 0.717) is 0 Å². The molecule has 0 fully saturated rings. The molecule has 0 bridgehead atoms. The summed E-state index contributed by atoms with van der Waals surface area (Å²) in [5.41, 5.74) is 1.95. The van der Waals surface area contributed by atoms with E-state index >= 15 is 0 Å². The predicted molar refractivity (Wildman–Crippen MR) is 87.6 cm³/mol. The molecule has 1 aliphatic carbocycles. The molecule has 23 heavy (non-hydrogen) atoms. The summed E-state index contributed by atoms with van der Waals surface area (Å²) in [6.07, 6.45) is 7.23. The topological polar surface area (TPSA) is 55.8 Å². The number of methoxy groups -OCH3 is 2. The van der Waals surface area contributed by atoms with Gasteiger partial charge < -0.3 is 14.4 Å². The molecule has 5 heteroatoms. The first-order valence-corrected chi connectivity index (χ1v) is 7.59. The Balaban J connectivity index is 2.53. The van der Waals surface area contributed by atoms with Crippen LogP contribution in [0.2, 0.25) is 0 Å². The van der Waals surface area contributed by atoms with Crippen LogP contribution in [-0.2, 0) is 19.1 Å². The van der Waals surface area contributed by atoms with Gasteiger partial charge in [-0.15, -0.1) is 0 Å². The second-order valence-electron chi connectivity index (χ2n) is 5.16. The van der Waals surface area contributed by atoms with Crippen LogP contribution in [0.3, 0.4) is 0 Å². The van der Waals surface area contributed by atoms with Crippen molar-refractivity contribution in [1.29, 1.82) is 0 Å². The van der Waals surface area contributed by atoms with E-state index in [1.807, 2.05) is 30.3 Å². The van der Waals surface area contributed by atoms with Crippen LogP contribution in [0, 0.1) is 0 Å². The van der Waals surface area contributed by atoms with Crippen molar-refractivity contribution in [3.63, 3.8) is 0 Å². The molecule has 0 spiro atoms. The van der Waals surface area contributed by atoms with E-state index in [1.54, 1.807) is 4.90 Å². The van der Waals surface area contributed by atoms with Crippen LogP contribution in [0.4, 0.5) is 5.69 Å². The molecular weight excluding hydrogens is 294 g/mol. The largest absolute Gasteiger partial charge is 0.466 e. The van der Waals surface area contributed by atoms with Crippen LogP contribution in [0.15, 0.2) is 53.9 Å². The highest BCUT2D eigenvalue weighted by atomic mass is 16.5. The van der Waals surface area contributed by atoms with Crippen molar-refractivity contribution in [1.82, 2.24) is 0 Å². The smallest absolute Gasteiger partial charge is 0.355 e. The molecular formula is C18H21NO4. The minimum absolute atomic E-state index is 0.152. The van der Waals surface area contributed by atoms with Crippen molar-refractivity contribution in [3.8, 4) is 0 Å². The summed E-state index contributed by atoms with van der Waals surface area (Å²) in [4.78, 5) is 25.7. The number of carbonyl (C=O) groups excluding carboxylic acids is 2. The highest BCUT2D eigenvalue weighted by molar-refractivity contribution is 6.00. The van der Waals surface area contributed by atoms with Gasteiger partial charge >= 0.3 is 11.9 Å². The monoisotopic (exact) mass is 315 g/mol. The molecule has 2 rings (SSSR count). The Morgan fingerprint density at radius 2 is 1.83 bits per heavy atom. The van der Waals surface area contributed by atoms with E-state index < -0.39 is 11.9 Å². The number of carbonyl (C=O) groups is 2. The molecule has 0 saturated heterocycles. The molecule has 5 nitrogen and oxygen atoms in total. The number of allylic oxidation sites excluding steroid dienone is 2. The zero-order valence-electron chi connectivity index (χ0n) is 13.5. The van der Waals surface area contributed by atoms with Gasteiger partial charge in [-0.2, -0.15) is 0 Å². The molecule has 1 aromatic rings. The number of nitrogens with zero attached hydrogens (tertiary/aromatic N) is 1. The van der Waals surface area contributed by atoms with E-state index in [2.05, 4.69) is 10.8 Å². The molecule has 122 valence electrons. The summed E-state index contributed by atoms with van der Waals surface area (Å²) in [7, 11) is 2.58. The molecule has 0 aromatic heterocycles. The Hall–Kier alpha value is -2.56. The van der Waals surface area contributed by atoms with Gasteiger partial charge in [-0.1, -0.05) is 24.3 Å². The maximum Gasteiger partial charge on any atom is 0.355 e. The van der Waals surface area contributed by atoms with Gasteiger partial charge in [0.25, 0.3) is 0 Å². The van der Waals surface area contributed by atoms with Gasteiger partial charge in [-0.3, -0.25) is 0 Å². The van der Waals surface area contributed by atoms with Crippen molar-refractivity contribution in [3.05, 3.63) is 53.9 Å². The van der Waals surface area contributed by atoms with Gasteiger partial charge in [0.05, 0.1) is 20.3 Å². The quantitative estimate of drug-likeness (QED) is 0.617. The fourth-order valence-corrected chi connectivity index (χ4v) is 2.55. The van der Waals surface area contributed by atoms with E-state index in [4.69, 9.17) is 4.74 Å². The standard InChI is InChI=1S/C18H21NO4/c1-22-17(20)13-16(18(21)23-2)19(14-9-5-3-6-10-14)15-11-7-4-8-12-15/h3,5-6,9-11,13H,4,7-8,12H2,1-2H3/b16-13+. The van der Waals surface area contributed by atoms with Crippen molar-refractivity contribution in [2.24, 2.45) is 0 Å². The number of rotatable bonds is 5. The molecule has 0 heterocycles. The van der Waals surface area contributed by atoms with Gasteiger partial charge in [0.2, 0.25) is 0 Å². The third-order valence-electron chi connectivity index (χ3n) is 3.66. The number of para-hydroxylation sites is 1. The molecule has 1 aliphatic rings. The molecule has 0 radical (unpaired) electrons. The zero-order chi connectivity index (χ0) is 16.7. The van der Waals surface area contributed by atoms with E-state index in [-0.39, 0.29) is 5.70 Å². The second kappa shape index (κ2) is 8.17. The third-order valence-corrected chi connectivity index (χ3v) is 3.66. The normalized spacial score (nSPS) is 14.7. The Kier molecular flexibility index (Phi) is 5.97. The maximum absolute atomic E-state index is 12.3. The highest BCUT2D eigenvalue weighted by Crippen LogP contribution is 2.30. The molecule has 0 amide bonds. The first kappa shape index (κ1) is 16.8. The van der Waals surface area contributed by atoms with Crippen molar-refractivity contribution in [2.45, 2.75) is 25.7 Å². The SMILES string of the molecule is COC(=O)/C=C(\C(=O)OC)N(C1=CCCCC1)c1ccccc1. The average Bonchev–Trinajstić information content (AvgIpc) is 2.62. The number of hydrogen-bond acceptors (Lipinski definition) is 5. The zero-order valence-corrected chi connectivity index (χ0v) is 13.5. The van der Waals surface area contributed by atoms with E-state index in [0.717, 1.165) is 37.1 Å². The summed E-state index contributed by atoms with van der Waals surface area (Å²) >= 11 is 0. The van der Waals surface area contributed by atoms with Crippen LogP contribution in [0.25, 0.3) is 0 Å². The summed E-state index contributed by atoms with van der Waals surface area (Å²) in [6.45, 7) is 0. The maximum atomic E-state index is 12.3. The van der Waals surface area contributed by atoms with Gasteiger partial charge in [0, 0.05) is 11.4 Å². The minimum Gasteiger partial charge on any atom is -0.466 e. The van der Waals surface area contributed by atoms with Gasteiger partial charge in [0.15, 0.2) is 0 Å². The Morgan fingerprint density at radius 3 is 2.39 bits per heavy atom. The van der Waals surface area contributed by atoms with Crippen LogP contribution >= 0.6 is 0 Å². The molecule has 0 unspecified atom stereocenters. The van der Waals surface area contributed by atoms with Crippen molar-refractivity contribution < 1.29 is 19.1 Å². The third kappa shape index (κ3) is 4.22. The van der Waals surface area contributed by atoms with Gasteiger partial charge in [-0.25, -0.2) is 9.59 Å². The average molecular weight is 315 g/mol. The lowest BCUT2D eigenvalue weighted by Gasteiger charge is -2.30. The van der Waals surface area contributed by atoms with Crippen LogP contribution in [0.1, 0.15) is 25.7 Å². The predicted octanol–water partition coefficient (Wildman–Crippen LogP) is 3.18.